The van der Waals surface area contributed by atoms with Crippen molar-refractivity contribution in [2.24, 2.45) is 0 Å². The van der Waals surface area contributed by atoms with E-state index in [4.69, 9.17) is 0 Å². The van der Waals surface area contributed by atoms with Crippen molar-refractivity contribution in [3.63, 3.8) is 0 Å². The summed E-state index contributed by atoms with van der Waals surface area (Å²) in [5.74, 6) is 2.51. The number of aromatic amines is 1. The zero-order valence-electron chi connectivity index (χ0n) is 11.0. The van der Waals surface area contributed by atoms with Gasteiger partial charge in [0.25, 0.3) is 0 Å². The maximum atomic E-state index is 4.60. The van der Waals surface area contributed by atoms with Gasteiger partial charge in [-0.15, -0.1) is 0 Å². The van der Waals surface area contributed by atoms with E-state index >= 15 is 0 Å². The number of H-pyrrole nitrogens is 1. The summed E-state index contributed by atoms with van der Waals surface area (Å²) in [6.45, 7) is 4.39. The number of fused-ring (bicyclic) bond motifs is 1. The van der Waals surface area contributed by atoms with Gasteiger partial charge in [0.05, 0.1) is 5.52 Å². The number of pyridine rings is 1. The highest BCUT2D eigenvalue weighted by Crippen LogP contribution is 2.23. The largest absolute Gasteiger partial charge is 0.363 e. The number of nitrogens with zero attached hydrogens (tertiary/aromatic N) is 3. The molecule has 0 atom stereocenters. The second-order valence-electron chi connectivity index (χ2n) is 4.57. The second kappa shape index (κ2) is 4.73. The minimum absolute atomic E-state index is 0.506. The monoisotopic (exact) mass is 232 g/mol. The molecule has 4 heteroatoms. The van der Waals surface area contributed by atoms with Gasteiger partial charge in [-0.1, -0.05) is 13.8 Å². The van der Waals surface area contributed by atoms with Crippen LogP contribution in [0.1, 0.15) is 38.4 Å². The Morgan fingerprint density at radius 2 is 1.88 bits per heavy atom. The first-order valence-corrected chi connectivity index (χ1v) is 6.19. The van der Waals surface area contributed by atoms with Gasteiger partial charge in [0.2, 0.25) is 0 Å². The molecule has 0 saturated carbocycles. The minimum atomic E-state index is 0.506. The van der Waals surface area contributed by atoms with E-state index in [1.807, 2.05) is 25.1 Å². The highest BCUT2D eigenvalue weighted by atomic mass is 15.1. The summed E-state index contributed by atoms with van der Waals surface area (Å²) in [6.07, 6.45) is 2.22. The Kier molecular flexibility index (Phi) is 3.31. The third kappa shape index (κ3) is 2.25. The molecule has 0 radical (unpaired) electrons. The van der Waals surface area contributed by atoms with E-state index < -0.39 is 0 Å². The van der Waals surface area contributed by atoms with Gasteiger partial charge < -0.3 is 9.88 Å². The van der Waals surface area contributed by atoms with E-state index in [-0.39, 0.29) is 0 Å². The predicted molar refractivity (Wildman–Crippen MR) is 71.5 cm³/mol. The molecule has 1 N–H and O–H groups in total. The van der Waals surface area contributed by atoms with E-state index in [0.29, 0.717) is 5.92 Å². The van der Waals surface area contributed by atoms with Crippen LogP contribution in [-0.2, 0) is 0 Å². The molecule has 92 valence electrons. The molecule has 17 heavy (non-hydrogen) atoms. The summed E-state index contributed by atoms with van der Waals surface area (Å²) in [6, 6.07) is 4.06. The highest BCUT2D eigenvalue weighted by molar-refractivity contribution is 5.73. The molecule has 2 aromatic heterocycles. The molecule has 0 unspecified atom stereocenters. The maximum absolute atomic E-state index is 4.60. The molecule has 0 aromatic carbocycles. The van der Waals surface area contributed by atoms with Gasteiger partial charge in [-0.05, 0) is 25.0 Å². The molecule has 0 amide bonds. The van der Waals surface area contributed by atoms with E-state index in [1.54, 1.807) is 0 Å². The van der Waals surface area contributed by atoms with Crippen molar-refractivity contribution in [3.8, 4) is 0 Å². The number of nitrogens with one attached hydrogen (secondary N) is 1. The topological polar surface area (TPSA) is 44.8 Å². The van der Waals surface area contributed by atoms with Gasteiger partial charge in [-0.25, -0.2) is 9.97 Å². The van der Waals surface area contributed by atoms with Crippen LogP contribution in [0.3, 0.4) is 0 Å². The number of imidazole rings is 1. The Balaban J connectivity index is 2.43. The Labute approximate surface area is 102 Å². The van der Waals surface area contributed by atoms with Crippen molar-refractivity contribution < 1.29 is 0 Å². The SMILES string of the molecule is CCC(CC)c1nc2nc(N(C)C)ccc2[nH]1. The van der Waals surface area contributed by atoms with E-state index in [1.165, 1.54) is 0 Å². The average molecular weight is 232 g/mol. The predicted octanol–water partition coefficient (Wildman–Crippen LogP) is 2.93. The normalized spacial score (nSPS) is 11.4. The van der Waals surface area contributed by atoms with Gasteiger partial charge in [-0.2, -0.15) is 0 Å². The van der Waals surface area contributed by atoms with Crippen molar-refractivity contribution in [3.05, 3.63) is 18.0 Å². The molecule has 0 saturated heterocycles. The number of anilines is 1. The molecule has 0 aliphatic carbocycles. The summed E-state index contributed by atoms with van der Waals surface area (Å²) in [5, 5.41) is 0. The molecule has 2 heterocycles. The van der Waals surface area contributed by atoms with Gasteiger partial charge >= 0.3 is 0 Å². The van der Waals surface area contributed by atoms with Crippen LogP contribution in [0.5, 0.6) is 0 Å². The van der Waals surface area contributed by atoms with Crippen molar-refractivity contribution >= 4 is 17.0 Å². The average Bonchev–Trinajstić information content (AvgIpc) is 2.72. The summed E-state index contributed by atoms with van der Waals surface area (Å²) in [7, 11) is 3.98. The van der Waals surface area contributed by atoms with Gasteiger partial charge in [-0.3, -0.25) is 0 Å². The molecule has 0 spiro atoms. The lowest BCUT2D eigenvalue weighted by Crippen LogP contribution is -2.10. The third-order valence-corrected chi connectivity index (χ3v) is 3.18. The molecule has 0 fully saturated rings. The Hall–Kier alpha value is -1.58. The van der Waals surface area contributed by atoms with E-state index in [0.717, 1.165) is 35.6 Å². The number of aromatic nitrogens is 3. The van der Waals surface area contributed by atoms with E-state index in [2.05, 4.69) is 34.9 Å². The van der Waals surface area contributed by atoms with Crippen molar-refractivity contribution in [2.45, 2.75) is 32.6 Å². The minimum Gasteiger partial charge on any atom is -0.363 e. The lowest BCUT2D eigenvalue weighted by Gasteiger charge is -2.09. The van der Waals surface area contributed by atoms with Crippen LogP contribution in [0.15, 0.2) is 12.1 Å². The third-order valence-electron chi connectivity index (χ3n) is 3.18. The second-order valence-corrected chi connectivity index (χ2v) is 4.57. The lowest BCUT2D eigenvalue weighted by atomic mass is 10.0. The van der Waals surface area contributed by atoms with Crippen LogP contribution in [0.25, 0.3) is 11.2 Å². The summed E-state index contributed by atoms with van der Waals surface area (Å²) in [4.78, 5) is 14.5. The highest BCUT2D eigenvalue weighted by Gasteiger charge is 2.13. The Morgan fingerprint density at radius 3 is 2.47 bits per heavy atom. The van der Waals surface area contributed by atoms with E-state index in [9.17, 15) is 0 Å². The summed E-state index contributed by atoms with van der Waals surface area (Å²) >= 11 is 0. The van der Waals surface area contributed by atoms with Crippen LogP contribution in [-0.4, -0.2) is 29.0 Å². The van der Waals surface area contributed by atoms with Gasteiger partial charge in [0.15, 0.2) is 5.65 Å². The Bertz CT molecular complexity index is 497. The van der Waals surface area contributed by atoms with Crippen molar-refractivity contribution in [1.82, 2.24) is 15.0 Å². The van der Waals surface area contributed by atoms with Gasteiger partial charge in [0, 0.05) is 20.0 Å². The van der Waals surface area contributed by atoms with Crippen LogP contribution in [0.4, 0.5) is 5.82 Å². The molecule has 2 aromatic rings. The van der Waals surface area contributed by atoms with Crippen LogP contribution >= 0.6 is 0 Å². The quantitative estimate of drug-likeness (QED) is 0.881. The maximum Gasteiger partial charge on any atom is 0.179 e. The molecule has 2 rings (SSSR count). The fourth-order valence-electron chi connectivity index (χ4n) is 2.02. The zero-order valence-corrected chi connectivity index (χ0v) is 11.0. The lowest BCUT2D eigenvalue weighted by molar-refractivity contribution is 0.611. The summed E-state index contributed by atoms with van der Waals surface area (Å²) in [5.41, 5.74) is 1.84. The molecular weight excluding hydrogens is 212 g/mol. The first-order valence-electron chi connectivity index (χ1n) is 6.19. The molecule has 0 aliphatic rings. The van der Waals surface area contributed by atoms with Crippen LogP contribution < -0.4 is 4.90 Å². The number of rotatable bonds is 4. The Morgan fingerprint density at radius 1 is 1.18 bits per heavy atom. The van der Waals surface area contributed by atoms with Crippen LogP contribution in [0.2, 0.25) is 0 Å². The fourth-order valence-corrected chi connectivity index (χ4v) is 2.02. The molecule has 0 aliphatic heterocycles. The fraction of sp³-hybridized carbons (Fsp3) is 0.538. The van der Waals surface area contributed by atoms with Crippen molar-refractivity contribution in [2.75, 3.05) is 19.0 Å². The number of hydrogen-bond acceptors (Lipinski definition) is 3. The first-order chi connectivity index (χ1) is 8.15. The molecule has 4 nitrogen and oxygen atoms in total. The molecule has 0 bridgehead atoms. The number of hydrogen-bond donors (Lipinski definition) is 1. The van der Waals surface area contributed by atoms with Crippen molar-refractivity contribution in [1.29, 1.82) is 0 Å². The zero-order chi connectivity index (χ0) is 12.4. The van der Waals surface area contributed by atoms with Crippen LogP contribution in [0, 0.1) is 0 Å². The standard InChI is InChI=1S/C13H20N4/c1-5-9(6-2)12-14-10-7-8-11(17(3)4)15-13(10)16-12/h7-9H,5-6H2,1-4H3,(H,14,15,16). The first kappa shape index (κ1) is 11.9. The smallest absolute Gasteiger partial charge is 0.179 e. The van der Waals surface area contributed by atoms with Gasteiger partial charge in [0.1, 0.15) is 11.6 Å². The summed E-state index contributed by atoms with van der Waals surface area (Å²) < 4.78 is 0. The molecular formula is C13H20N4.